The minimum Gasteiger partial charge on any atom is -0.342 e. The minimum absolute atomic E-state index is 0.185. The largest absolute Gasteiger partial charge is 0.342 e. The summed E-state index contributed by atoms with van der Waals surface area (Å²) in [5, 5.41) is 0. The fraction of sp³-hybridized carbons (Fsp3) is 0.643. The van der Waals surface area contributed by atoms with E-state index in [4.69, 9.17) is 0 Å². The van der Waals surface area contributed by atoms with Gasteiger partial charge in [-0.15, -0.1) is 0 Å². The Labute approximate surface area is 120 Å². The first kappa shape index (κ1) is 14.7. The van der Waals surface area contributed by atoms with Crippen LogP contribution in [0.25, 0.3) is 0 Å². The highest BCUT2D eigenvalue weighted by Crippen LogP contribution is 2.09. The van der Waals surface area contributed by atoms with Crippen LogP contribution in [0.3, 0.4) is 0 Å². The van der Waals surface area contributed by atoms with E-state index in [0.717, 1.165) is 32.1 Å². The molecule has 6 nitrogen and oxygen atoms in total. The van der Waals surface area contributed by atoms with Gasteiger partial charge < -0.3 is 9.80 Å². The number of likely N-dealkylation sites (N-methyl/N-ethyl adjacent to an activating group) is 1. The second-order valence-corrected chi connectivity index (χ2v) is 5.41. The summed E-state index contributed by atoms with van der Waals surface area (Å²) < 4.78 is 0. The normalized spacial score (nSPS) is 16.5. The van der Waals surface area contributed by atoms with E-state index in [2.05, 4.69) is 19.8 Å². The van der Waals surface area contributed by atoms with Gasteiger partial charge in [0.1, 0.15) is 0 Å². The monoisotopic (exact) mass is 277 g/mol. The first-order valence-corrected chi connectivity index (χ1v) is 7.08. The molecule has 0 unspecified atom stereocenters. The molecule has 1 aromatic heterocycles. The van der Waals surface area contributed by atoms with Crippen LogP contribution in [0, 0.1) is 0 Å². The van der Waals surface area contributed by atoms with Crippen LogP contribution >= 0.6 is 0 Å². The van der Waals surface area contributed by atoms with Gasteiger partial charge in [-0.3, -0.25) is 9.69 Å². The summed E-state index contributed by atoms with van der Waals surface area (Å²) in [6, 6.07) is 2.07. The molecule has 20 heavy (non-hydrogen) atoms. The van der Waals surface area contributed by atoms with Crippen LogP contribution in [0.1, 0.15) is 13.8 Å². The van der Waals surface area contributed by atoms with Crippen LogP contribution in [0.5, 0.6) is 0 Å². The highest BCUT2D eigenvalue weighted by atomic mass is 16.2. The van der Waals surface area contributed by atoms with Gasteiger partial charge in [-0.05, 0) is 19.9 Å². The smallest absolute Gasteiger partial charge is 0.236 e. The number of amides is 1. The van der Waals surface area contributed by atoms with Crippen molar-refractivity contribution in [1.29, 1.82) is 0 Å². The van der Waals surface area contributed by atoms with E-state index in [0.29, 0.717) is 6.54 Å². The predicted molar refractivity (Wildman–Crippen MR) is 78.6 cm³/mol. The molecule has 1 fully saturated rings. The maximum atomic E-state index is 12.1. The topological polar surface area (TPSA) is 52.6 Å². The lowest BCUT2D eigenvalue weighted by Crippen LogP contribution is -2.50. The number of piperazine rings is 1. The number of aromatic nitrogens is 2. The van der Waals surface area contributed by atoms with Crippen molar-refractivity contribution in [2.45, 2.75) is 19.9 Å². The summed E-state index contributed by atoms with van der Waals surface area (Å²) in [5.41, 5.74) is 0. The lowest BCUT2D eigenvalue weighted by Gasteiger charge is -2.35. The van der Waals surface area contributed by atoms with Gasteiger partial charge in [0, 0.05) is 51.7 Å². The van der Waals surface area contributed by atoms with Crippen molar-refractivity contribution < 1.29 is 4.79 Å². The number of nitrogens with zero attached hydrogens (tertiary/aromatic N) is 5. The van der Waals surface area contributed by atoms with Crippen molar-refractivity contribution in [1.82, 2.24) is 19.8 Å². The SMILES string of the molecule is CC(C)N(C)C(=O)CN1CCN(c2ncccn2)CC1. The van der Waals surface area contributed by atoms with Crippen molar-refractivity contribution in [2.75, 3.05) is 44.7 Å². The minimum atomic E-state index is 0.185. The number of hydrogen-bond donors (Lipinski definition) is 0. The summed E-state index contributed by atoms with van der Waals surface area (Å²) in [4.78, 5) is 26.7. The van der Waals surface area contributed by atoms with Gasteiger partial charge in [0.05, 0.1) is 6.54 Å². The second kappa shape index (κ2) is 6.65. The van der Waals surface area contributed by atoms with E-state index < -0.39 is 0 Å². The van der Waals surface area contributed by atoms with Crippen LogP contribution in [-0.2, 0) is 4.79 Å². The standard InChI is InChI=1S/C14H23N5O/c1-12(2)17(3)13(20)11-18-7-9-19(10-8-18)14-15-5-4-6-16-14/h4-6,12H,7-11H2,1-3H3. The molecule has 0 spiro atoms. The molecule has 110 valence electrons. The van der Waals surface area contributed by atoms with E-state index in [-0.39, 0.29) is 11.9 Å². The molecule has 1 aromatic rings. The van der Waals surface area contributed by atoms with E-state index in [1.165, 1.54) is 0 Å². The highest BCUT2D eigenvalue weighted by molar-refractivity contribution is 5.78. The second-order valence-electron chi connectivity index (χ2n) is 5.41. The lowest BCUT2D eigenvalue weighted by molar-refractivity contribution is -0.132. The Morgan fingerprint density at radius 3 is 2.40 bits per heavy atom. The van der Waals surface area contributed by atoms with Gasteiger partial charge in [-0.1, -0.05) is 0 Å². The van der Waals surface area contributed by atoms with Gasteiger partial charge in [-0.25, -0.2) is 9.97 Å². The number of anilines is 1. The third-order valence-corrected chi connectivity index (χ3v) is 3.73. The van der Waals surface area contributed by atoms with E-state index >= 15 is 0 Å². The third kappa shape index (κ3) is 3.66. The molecular formula is C14H23N5O. The quantitative estimate of drug-likeness (QED) is 0.800. The third-order valence-electron chi connectivity index (χ3n) is 3.73. The van der Waals surface area contributed by atoms with Crippen LogP contribution in [0.15, 0.2) is 18.5 Å². The molecule has 1 saturated heterocycles. The molecule has 0 N–H and O–H groups in total. The Bertz CT molecular complexity index is 428. The summed E-state index contributed by atoms with van der Waals surface area (Å²) >= 11 is 0. The number of carbonyl (C=O) groups excluding carboxylic acids is 1. The van der Waals surface area contributed by atoms with E-state index in [1.807, 2.05) is 27.0 Å². The number of hydrogen-bond acceptors (Lipinski definition) is 5. The van der Waals surface area contributed by atoms with Crippen LogP contribution in [-0.4, -0.2) is 71.5 Å². The zero-order valence-corrected chi connectivity index (χ0v) is 12.5. The molecule has 1 aliphatic rings. The van der Waals surface area contributed by atoms with Gasteiger partial charge in [-0.2, -0.15) is 0 Å². The van der Waals surface area contributed by atoms with Gasteiger partial charge in [0.15, 0.2) is 0 Å². The maximum absolute atomic E-state index is 12.1. The van der Waals surface area contributed by atoms with Gasteiger partial charge in [0.2, 0.25) is 11.9 Å². The molecule has 1 amide bonds. The molecule has 0 saturated carbocycles. The molecule has 6 heteroatoms. The van der Waals surface area contributed by atoms with E-state index in [9.17, 15) is 4.79 Å². The summed E-state index contributed by atoms with van der Waals surface area (Å²) in [6.45, 7) is 8.03. The van der Waals surface area contributed by atoms with Gasteiger partial charge in [0.25, 0.3) is 0 Å². The molecule has 2 rings (SSSR count). The Morgan fingerprint density at radius 2 is 1.85 bits per heavy atom. The van der Waals surface area contributed by atoms with Crippen molar-refractivity contribution in [3.63, 3.8) is 0 Å². The molecule has 0 bridgehead atoms. The van der Waals surface area contributed by atoms with Gasteiger partial charge >= 0.3 is 0 Å². The zero-order chi connectivity index (χ0) is 14.5. The first-order chi connectivity index (χ1) is 9.58. The predicted octanol–water partition coefficient (Wildman–Crippen LogP) is 0.465. The van der Waals surface area contributed by atoms with Crippen LogP contribution < -0.4 is 4.90 Å². The number of carbonyl (C=O) groups is 1. The van der Waals surface area contributed by atoms with E-state index in [1.54, 1.807) is 17.3 Å². The molecule has 0 radical (unpaired) electrons. The molecule has 2 heterocycles. The molecule has 0 atom stereocenters. The Kier molecular flexibility index (Phi) is 4.89. The fourth-order valence-electron chi connectivity index (χ4n) is 2.15. The molecule has 0 aliphatic carbocycles. The van der Waals surface area contributed by atoms with Crippen molar-refractivity contribution in [2.24, 2.45) is 0 Å². The Balaban J connectivity index is 1.81. The molecule has 1 aliphatic heterocycles. The average Bonchev–Trinajstić information content (AvgIpc) is 2.48. The molecule has 0 aromatic carbocycles. The zero-order valence-electron chi connectivity index (χ0n) is 12.5. The first-order valence-electron chi connectivity index (χ1n) is 7.08. The fourth-order valence-corrected chi connectivity index (χ4v) is 2.15. The Morgan fingerprint density at radius 1 is 1.25 bits per heavy atom. The van der Waals surface area contributed by atoms with Crippen molar-refractivity contribution >= 4 is 11.9 Å². The number of rotatable bonds is 4. The Hall–Kier alpha value is -1.69. The summed E-state index contributed by atoms with van der Waals surface area (Å²) in [7, 11) is 1.86. The van der Waals surface area contributed by atoms with Crippen molar-refractivity contribution in [3.8, 4) is 0 Å². The summed E-state index contributed by atoms with van der Waals surface area (Å²) in [5.74, 6) is 0.960. The maximum Gasteiger partial charge on any atom is 0.236 e. The lowest BCUT2D eigenvalue weighted by atomic mass is 10.3. The van der Waals surface area contributed by atoms with Crippen molar-refractivity contribution in [3.05, 3.63) is 18.5 Å². The molecular weight excluding hydrogens is 254 g/mol. The van der Waals surface area contributed by atoms with Crippen LogP contribution in [0.2, 0.25) is 0 Å². The van der Waals surface area contributed by atoms with Crippen LogP contribution in [0.4, 0.5) is 5.95 Å². The highest BCUT2D eigenvalue weighted by Gasteiger charge is 2.22. The average molecular weight is 277 g/mol. The summed E-state index contributed by atoms with van der Waals surface area (Å²) in [6.07, 6.45) is 3.52.